The van der Waals surface area contributed by atoms with Crippen LogP contribution in [0.1, 0.15) is 24.5 Å². The van der Waals surface area contributed by atoms with Gasteiger partial charge in [-0.15, -0.1) is 0 Å². The van der Waals surface area contributed by atoms with Gasteiger partial charge in [0.2, 0.25) is 5.91 Å². The normalized spacial score (nSPS) is 24.5. The summed E-state index contributed by atoms with van der Waals surface area (Å²) in [5.74, 6) is 0.234. The molecule has 4 heteroatoms. The molecule has 2 N–H and O–H groups in total. The van der Waals surface area contributed by atoms with Crippen LogP contribution in [0.3, 0.4) is 0 Å². The van der Waals surface area contributed by atoms with E-state index < -0.39 is 0 Å². The van der Waals surface area contributed by atoms with Crippen LogP contribution >= 0.6 is 0 Å². The van der Waals surface area contributed by atoms with E-state index in [9.17, 15) is 4.79 Å². The summed E-state index contributed by atoms with van der Waals surface area (Å²) in [6.45, 7) is 5.40. The van der Waals surface area contributed by atoms with Gasteiger partial charge in [-0.2, -0.15) is 0 Å². The molecule has 1 fully saturated rings. The number of hydrogen-bond donors (Lipinski definition) is 1. The molecule has 2 heterocycles. The highest BCUT2D eigenvalue weighted by Crippen LogP contribution is 2.21. The third kappa shape index (κ3) is 2.58. The predicted octanol–water partition coefficient (Wildman–Crippen LogP) is 0.993. The minimum Gasteiger partial charge on any atom is -0.340 e. The van der Waals surface area contributed by atoms with Crippen LogP contribution in [0.5, 0.6) is 0 Å². The minimum atomic E-state index is -0.0475. The SMILES string of the molecule is CC(C(=O)N1CC[C@@H](N)C1)N1CCc2ccccc2C1. The van der Waals surface area contributed by atoms with Crippen molar-refractivity contribution in [2.45, 2.75) is 38.4 Å². The molecular weight excluding hydrogens is 250 g/mol. The fraction of sp³-hybridized carbons (Fsp3) is 0.562. The maximum atomic E-state index is 12.5. The van der Waals surface area contributed by atoms with E-state index in [-0.39, 0.29) is 18.0 Å². The number of nitrogens with zero attached hydrogens (tertiary/aromatic N) is 2. The van der Waals surface area contributed by atoms with Crippen LogP contribution in [0, 0.1) is 0 Å². The summed E-state index contributed by atoms with van der Waals surface area (Å²) >= 11 is 0. The number of rotatable bonds is 2. The van der Waals surface area contributed by atoms with Crippen molar-refractivity contribution in [1.29, 1.82) is 0 Å². The van der Waals surface area contributed by atoms with Crippen molar-refractivity contribution < 1.29 is 4.79 Å². The largest absolute Gasteiger partial charge is 0.340 e. The van der Waals surface area contributed by atoms with Gasteiger partial charge in [0, 0.05) is 32.2 Å². The third-order valence-corrected chi connectivity index (χ3v) is 4.60. The zero-order valence-electron chi connectivity index (χ0n) is 12.1. The van der Waals surface area contributed by atoms with Gasteiger partial charge in [-0.25, -0.2) is 0 Å². The van der Waals surface area contributed by atoms with E-state index in [1.54, 1.807) is 0 Å². The van der Waals surface area contributed by atoms with Crippen molar-refractivity contribution >= 4 is 5.91 Å². The molecule has 1 amide bonds. The molecule has 2 aliphatic rings. The van der Waals surface area contributed by atoms with Crippen LogP contribution in [0.15, 0.2) is 24.3 Å². The molecule has 1 aromatic carbocycles. The zero-order chi connectivity index (χ0) is 14.1. The highest BCUT2D eigenvalue weighted by molar-refractivity contribution is 5.81. The molecule has 1 aromatic rings. The number of fused-ring (bicyclic) bond motifs is 1. The molecule has 0 saturated carbocycles. The van der Waals surface area contributed by atoms with E-state index in [1.165, 1.54) is 11.1 Å². The predicted molar refractivity (Wildman–Crippen MR) is 79.2 cm³/mol. The molecule has 3 rings (SSSR count). The molecule has 0 spiro atoms. The van der Waals surface area contributed by atoms with Crippen molar-refractivity contribution in [1.82, 2.24) is 9.80 Å². The number of benzene rings is 1. The van der Waals surface area contributed by atoms with Gasteiger partial charge in [0.05, 0.1) is 6.04 Å². The Morgan fingerprint density at radius 3 is 2.75 bits per heavy atom. The molecule has 4 nitrogen and oxygen atoms in total. The fourth-order valence-electron chi connectivity index (χ4n) is 3.26. The lowest BCUT2D eigenvalue weighted by molar-refractivity contribution is -0.135. The number of likely N-dealkylation sites (tertiary alicyclic amines) is 1. The van der Waals surface area contributed by atoms with E-state index in [1.807, 2.05) is 11.8 Å². The topological polar surface area (TPSA) is 49.6 Å². The van der Waals surface area contributed by atoms with E-state index >= 15 is 0 Å². The highest BCUT2D eigenvalue weighted by atomic mass is 16.2. The zero-order valence-corrected chi connectivity index (χ0v) is 12.1. The lowest BCUT2D eigenvalue weighted by atomic mass is 9.98. The van der Waals surface area contributed by atoms with Gasteiger partial charge >= 0.3 is 0 Å². The second-order valence-corrected chi connectivity index (χ2v) is 6.00. The van der Waals surface area contributed by atoms with Crippen molar-refractivity contribution in [3.8, 4) is 0 Å². The maximum Gasteiger partial charge on any atom is 0.239 e. The summed E-state index contributed by atoms with van der Waals surface area (Å²) < 4.78 is 0. The Morgan fingerprint density at radius 2 is 2.05 bits per heavy atom. The van der Waals surface area contributed by atoms with Crippen molar-refractivity contribution in [2.24, 2.45) is 5.73 Å². The van der Waals surface area contributed by atoms with Gasteiger partial charge < -0.3 is 10.6 Å². The monoisotopic (exact) mass is 273 g/mol. The van der Waals surface area contributed by atoms with Gasteiger partial charge in [-0.1, -0.05) is 24.3 Å². The van der Waals surface area contributed by atoms with Crippen molar-refractivity contribution in [3.63, 3.8) is 0 Å². The van der Waals surface area contributed by atoms with Gasteiger partial charge in [0.1, 0.15) is 0 Å². The number of carbonyl (C=O) groups is 1. The van der Waals surface area contributed by atoms with Crippen LogP contribution in [-0.4, -0.2) is 47.4 Å². The highest BCUT2D eigenvalue weighted by Gasteiger charge is 2.31. The second-order valence-electron chi connectivity index (χ2n) is 6.00. The van der Waals surface area contributed by atoms with Gasteiger partial charge in [0.15, 0.2) is 0 Å². The third-order valence-electron chi connectivity index (χ3n) is 4.60. The Labute approximate surface area is 120 Å². The first-order valence-electron chi connectivity index (χ1n) is 7.50. The molecule has 0 aliphatic carbocycles. The first-order chi connectivity index (χ1) is 9.65. The Hall–Kier alpha value is -1.39. The molecule has 1 unspecified atom stereocenters. The lowest BCUT2D eigenvalue weighted by Gasteiger charge is -2.34. The number of nitrogens with two attached hydrogens (primary N) is 1. The van der Waals surface area contributed by atoms with Crippen LogP contribution in [0.25, 0.3) is 0 Å². The lowest BCUT2D eigenvalue weighted by Crippen LogP contribution is -2.48. The maximum absolute atomic E-state index is 12.5. The summed E-state index contributed by atoms with van der Waals surface area (Å²) in [5, 5.41) is 0. The second kappa shape index (κ2) is 5.54. The molecule has 108 valence electrons. The molecule has 2 aliphatic heterocycles. The summed E-state index contributed by atoms with van der Waals surface area (Å²) in [7, 11) is 0. The fourth-order valence-corrected chi connectivity index (χ4v) is 3.26. The molecule has 0 radical (unpaired) electrons. The molecule has 0 bridgehead atoms. The Kier molecular flexibility index (Phi) is 3.76. The van der Waals surface area contributed by atoms with Crippen LogP contribution in [0.2, 0.25) is 0 Å². The Morgan fingerprint density at radius 1 is 1.30 bits per heavy atom. The van der Waals surface area contributed by atoms with Crippen LogP contribution < -0.4 is 5.73 Å². The molecule has 2 atom stereocenters. The van der Waals surface area contributed by atoms with E-state index in [4.69, 9.17) is 5.73 Å². The van der Waals surface area contributed by atoms with Gasteiger partial charge in [-0.05, 0) is 30.9 Å². The number of hydrogen-bond acceptors (Lipinski definition) is 3. The average molecular weight is 273 g/mol. The molecule has 0 aromatic heterocycles. The summed E-state index contributed by atoms with van der Waals surface area (Å²) in [4.78, 5) is 16.7. The quantitative estimate of drug-likeness (QED) is 0.874. The Bertz CT molecular complexity index is 502. The standard InChI is InChI=1S/C16H23N3O/c1-12(16(20)19-9-7-15(17)11-19)18-8-6-13-4-2-3-5-14(13)10-18/h2-5,12,15H,6-11,17H2,1H3/t12?,15-/m1/s1. The Balaban J connectivity index is 1.66. The van der Waals surface area contributed by atoms with Crippen LogP contribution in [0.4, 0.5) is 0 Å². The first kappa shape index (κ1) is 13.6. The smallest absolute Gasteiger partial charge is 0.239 e. The van der Waals surface area contributed by atoms with Crippen molar-refractivity contribution in [2.75, 3.05) is 19.6 Å². The molecular formula is C16H23N3O. The summed E-state index contributed by atoms with van der Waals surface area (Å²) in [6.07, 6.45) is 1.97. The summed E-state index contributed by atoms with van der Waals surface area (Å²) in [5.41, 5.74) is 8.68. The van der Waals surface area contributed by atoms with Gasteiger partial charge in [0.25, 0.3) is 0 Å². The van der Waals surface area contributed by atoms with E-state index in [0.717, 1.165) is 32.5 Å². The summed E-state index contributed by atoms with van der Waals surface area (Å²) in [6, 6.07) is 8.65. The number of carbonyl (C=O) groups excluding carboxylic acids is 1. The van der Waals surface area contributed by atoms with Gasteiger partial charge in [-0.3, -0.25) is 9.69 Å². The molecule has 1 saturated heterocycles. The van der Waals surface area contributed by atoms with Crippen molar-refractivity contribution in [3.05, 3.63) is 35.4 Å². The van der Waals surface area contributed by atoms with Crippen LogP contribution in [-0.2, 0) is 17.8 Å². The minimum absolute atomic E-state index is 0.0475. The first-order valence-corrected chi connectivity index (χ1v) is 7.50. The number of amides is 1. The molecule has 20 heavy (non-hydrogen) atoms. The van der Waals surface area contributed by atoms with E-state index in [0.29, 0.717) is 6.54 Å². The van der Waals surface area contributed by atoms with E-state index in [2.05, 4.69) is 29.2 Å². The average Bonchev–Trinajstić information content (AvgIpc) is 2.92.